The molecule has 2 atom stereocenters. The van der Waals surface area contributed by atoms with Gasteiger partial charge < -0.3 is 0 Å². The molecule has 0 aromatic heterocycles. The Labute approximate surface area is 128 Å². The quantitative estimate of drug-likeness (QED) is 0.838. The van der Waals surface area contributed by atoms with Crippen LogP contribution in [0, 0.1) is 0 Å². The molecule has 0 fully saturated rings. The molecule has 0 saturated heterocycles. The van der Waals surface area contributed by atoms with E-state index in [9.17, 15) is 8.42 Å². The summed E-state index contributed by atoms with van der Waals surface area (Å²) in [5.74, 6) is 0. The lowest BCUT2D eigenvalue weighted by Crippen LogP contribution is -2.35. The van der Waals surface area contributed by atoms with Gasteiger partial charge in [0, 0.05) is 11.6 Å². The number of sulfonamides is 1. The topological polar surface area (TPSA) is 46.2 Å². The SMILES string of the molecule is C[C@@H](NS(=O)(=O)C1=CC=CC1[Si](C)(C)C)c1ccccc1. The lowest BCUT2D eigenvalue weighted by Gasteiger charge is -2.27. The highest BCUT2D eigenvalue weighted by Crippen LogP contribution is 2.38. The van der Waals surface area contributed by atoms with Gasteiger partial charge in [-0.1, -0.05) is 62.1 Å². The van der Waals surface area contributed by atoms with Gasteiger partial charge in [-0.15, -0.1) is 0 Å². The van der Waals surface area contributed by atoms with E-state index >= 15 is 0 Å². The molecule has 0 aliphatic heterocycles. The maximum atomic E-state index is 12.7. The van der Waals surface area contributed by atoms with Crippen molar-refractivity contribution < 1.29 is 8.42 Å². The molecule has 21 heavy (non-hydrogen) atoms. The summed E-state index contributed by atoms with van der Waals surface area (Å²) in [6.45, 7) is 8.45. The normalized spacial score (nSPS) is 20.4. The van der Waals surface area contributed by atoms with Crippen LogP contribution in [0.2, 0.25) is 25.2 Å². The largest absolute Gasteiger partial charge is 0.237 e. The molecule has 5 heteroatoms. The van der Waals surface area contributed by atoms with Gasteiger partial charge in [0.15, 0.2) is 0 Å². The van der Waals surface area contributed by atoms with E-state index in [1.54, 1.807) is 6.08 Å². The molecule has 1 aliphatic rings. The van der Waals surface area contributed by atoms with Crippen LogP contribution in [0.1, 0.15) is 18.5 Å². The first-order valence-electron chi connectivity index (χ1n) is 7.17. The molecule has 0 heterocycles. The minimum absolute atomic E-state index is 0.0537. The van der Waals surface area contributed by atoms with Crippen molar-refractivity contribution in [2.75, 3.05) is 0 Å². The summed E-state index contributed by atoms with van der Waals surface area (Å²) in [5, 5.41) is 0. The van der Waals surface area contributed by atoms with Crippen LogP contribution >= 0.6 is 0 Å². The molecule has 1 aliphatic carbocycles. The summed E-state index contributed by atoms with van der Waals surface area (Å²) in [4.78, 5) is 0.518. The molecule has 1 N–H and O–H groups in total. The van der Waals surface area contributed by atoms with E-state index < -0.39 is 18.1 Å². The molecular weight excluding hydrogens is 298 g/mol. The average Bonchev–Trinajstić information content (AvgIpc) is 2.89. The van der Waals surface area contributed by atoms with E-state index in [-0.39, 0.29) is 11.6 Å². The Kier molecular flexibility index (Phi) is 4.56. The first-order chi connectivity index (χ1) is 9.72. The van der Waals surface area contributed by atoms with E-state index in [1.807, 2.05) is 49.4 Å². The summed E-state index contributed by atoms with van der Waals surface area (Å²) in [5.41, 5.74) is 1.02. The predicted molar refractivity (Wildman–Crippen MR) is 91.2 cm³/mol. The van der Waals surface area contributed by atoms with E-state index in [2.05, 4.69) is 24.4 Å². The van der Waals surface area contributed by atoms with Crippen molar-refractivity contribution in [3.05, 3.63) is 59.0 Å². The highest BCUT2D eigenvalue weighted by atomic mass is 32.2. The Morgan fingerprint density at radius 2 is 1.76 bits per heavy atom. The molecule has 0 amide bonds. The van der Waals surface area contributed by atoms with E-state index in [1.165, 1.54) is 0 Å². The molecule has 2 rings (SSSR count). The fourth-order valence-electron chi connectivity index (χ4n) is 2.54. The monoisotopic (exact) mass is 321 g/mol. The van der Waals surface area contributed by atoms with Crippen LogP contribution in [0.25, 0.3) is 0 Å². The van der Waals surface area contributed by atoms with Gasteiger partial charge in [-0.2, -0.15) is 0 Å². The van der Waals surface area contributed by atoms with E-state index in [0.29, 0.717) is 4.91 Å². The molecular formula is C16H23NO2SSi. The molecule has 114 valence electrons. The zero-order valence-corrected chi connectivity index (χ0v) is 14.8. The van der Waals surface area contributed by atoms with Crippen molar-refractivity contribution in [3.8, 4) is 0 Å². The molecule has 0 saturated carbocycles. The summed E-state index contributed by atoms with van der Waals surface area (Å²) in [7, 11) is -5.06. The smallest absolute Gasteiger partial charge is 0.207 e. The van der Waals surface area contributed by atoms with Gasteiger partial charge in [0.25, 0.3) is 0 Å². The minimum atomic E-state index is -3.46. The van der Waals surface area contributed by atoms with Gasteiger partial charge in [0.2, 0.25) is 10.0 Å². The fraction of sp³-hybridized carbons (Fsp3) is 0.375. The molecule has 3 nitrogen and oxygen atoms in total. The first kappa shape index (κ1) is 16.2. The summed E-state index contributed by atoms with van der Waals surface area (Å²) >= 11 is 0. The lowest BCUT2D eigenvalue weighted by atomic mass is 10.1. The number of nitrogens with one attached hydrogen (secondary N) is 1. The van der Waals surface area contributed by atoms with Crippen molar-refractivity contribution in [2.24, 2.45) is 0 Å². The Balaban J connectivity index is 2.20. The third kappa shape index (κ3) is 3.73. The van der Waals surface area contributed by atoms with Gasteiger partial charge >= 0.3 is 0 Å². The summed E-state index contributed by atoms with van der Waals surface area (Å²) < 4.78 is 28.2. The Morgan fingerprint density at radius 3 is 2.33 bits per heavy atom. The standard InChI is InChI=1S/C16H23NO2SSi/c1-13(14-9-6-5-7-10-14)17-20(18,19)15-11-8-12-16(15)21(2,3)4/h5-13,16-17H,1-4H3/t13-,16?/m1/s1. The van der Waals surface area contributed by atoms with Crippen molar-refractivity contribution in [2.45, 2.75) is 38.1 Å². The van der Waals surface area contributed by atoms with E-state index in [4.69, 9.17) is 0 Å². The van der Waals surface area contributed by atoms with Crippen LogP contribution in [0.3, 0.4) is 0 Å². The van der Waals surface area contributed by atoms with Crippen molar-refractivity contribution in [3.63, 3.8) is 0 Å². The summed E-state index contributed by atoms with van der Waals surface area (Å²) in [6.07, 6.45) is 5.63. The van der Waals surface area contributed by atoms with Crippen LogP contribution in [-0.4, -0.2) is 16.5 Å². The van der Waals surface area contributed by atoms with E-state index in [0.717, 1.165) is 5.56 Å². The van der Waals surface area contributed by atoms with Crippen molar-refractivity contribution >= 4 is 18.1 Å². The first-order valence-corrected chi connectivity index (χ1v) is 12.2. The van der Waals surface area contributed by atoms with Crippen LogP contribution < -0.4 is 4.72 Å². The van der Waals surface area contributed by atoms with Gasteiger partial charge in [-0.3, -0.25) is 0 Å². The number of rotatable bonds is 5. The number of hydrogen-bond acceptors (Lipinski definition) is 2. The Morgan fingerprint density at radius 1 is 1.14 bits per heavy atom. The molecule has 1 aromatic carbocycles. The van der Waals surface area contributed by atoms with Crippen molar-refractivity contribution in [1.82, 2.24) is 4.72 Å². The zero-order chi connectivity index (χ0) is 15.7. The number of hydrogen-bond donors (Lipinski definition) is 1. The van der Waals surface area contributed by atoms with Gasteiger partial charge in [-0.25, -0.2) is 13.1 Å². The Bertz CT molecular complexity index is 657. The Hall–Kier alpha value is -1.17. The van der Waals surface area contributed by atoms with Crippen molar-refractivity contribution in [1.29, 1.82) is 0 Å². The molecule has 1 aromatic rings. The second-order valence-electron chi connectivity index (χ2n) is 6.55. The van der Waals surface area contributed by atoms with Crippen LogP contribution in [0.4, 0.5) is 0 Å². The lowest BCUT2D eigenvalue weighted by molar-refractivity contribution is 0.572. The van der Waals surface area contributed by atoms with Gasteiger partial charge in [0.1, 0.15) is 0 Å². The predicted octanol–water partition coefficient (Wildman–Crippen LogP) is 3.83. The number of benzene rings is 1. The van der Waals surface area contributed by atoms with Crippen LogP contribution in [-0.2, 0) is 10.0 Å². The highest BCUT2D eigenvalue weighted by Gasteiger charge is 2.36. The summed E-state index contributed by atoms with van der Waals surface area (Å²) in [6, 6.07) is 9.40. The maximum absolute atomic E-state index is 12.7. The zero-order valence-electron chi connectivity index (χ0n) is 13.0. The second kappa shape index (κ2) is 5.91. The molecule has 0 radical (unpaired) electrons. The average molecular weight is 322 g/mol. The molecule has 1 unspecified atom stereocenters. The molecule has 0 bridgehead atoms. The second-order valence-corrected chi connectivity index (χ2v) is 13.6. The van der Waals surface area contributed by atoms with Crippen LogP contribution in [0.15, 0.2) is 53.5 Å². The minimum Gasteiger partial charge on any atom is -0.207 e. The third-order valence-corrected chi connectivity index (χ3v) is 8.00. The fourth-order valence-corrected chi connectivity index (χ4v) is 7.12. The third-order valence-electron chi connectivity index (χ3n) is 3.75. The van der Waals surface area contributed by atoms with Gasteiger partial charge in [0.05, 0.1) is 13.0 Å². The van der Waals surface area contributed by atoms with Crippen LogP contribution in [0.5, 0.6) is 0 Å². The molecule has 0 spiro atoms. The number of allylic oxidation sites excluding steroid dienone is 4. The van der Waals surface area contributed by atoms with Gasteiger partial charge in [-0.05, 0) is 18.6 Å². The maximum Gasteiger partial charge on any atom is 0.237 e. The highest BCUT2D eigenvalue weighted by molar-refractivity contribution is 7.93.